The topological polar surface area (TPSA) is 59.4 Å². The van der Waals surface area contributed by atoms with Gasteiger partial charge in [0.1, 0.15) is 5.01 Å². The molecule has 0 aliphatic heterocycles. The number of aromatic carboxylic acids is 1. The van der Waals surface area contributed by atoms with Gasteiger partial charge in [-0.2, -0.15) is 0 Å². The number of rotatable bonds is 7. The van der Waals surface area contributed by atoms with Crippen molar-refractivity contribution in [2.45, 2.75) is 26.9 Å². The zero-order chi connectivity index (χ0) is 15.2. The highest BCUT2D eigenvalue weighted by Gasteiger charge is 2.10. The van der Waals surface area contributed by atoms with Gasteiger partial charge in [0.2, 0.25) is 0 Å². The van der Waals surface area contributed by atoms with Crippen molar-refractivity contribution in [1.82, 2.24) is 4.98 Å². The van der Waals surface area contributed by atoms with Crippen LogP contribution in [0.1, 0.15) is 36.3 Å². The van der Waals surface area contributed by atoms with Crippen LogP contribution in [0, 0.1) is 5.92 Å². The number of carboxylic acid groups (broad SMARTS) is 1. The van der Waals surface area contributed by atoms with Crippen molar-refractivity contribution in [2.75, 3.05) is 6.61 Å². The van der Waals surface area contributed by atoms with Crippen LogP contribution in [0.4, 0.5) is 0 Å². The lowest BCUT2D eigenvalue weighted by Gasteiger charge is -2.07. The summed E-state index contributed by atoms with van der Waals surface area (Å²) in [5, 5.41) is 11.2. The summed E-state index contributed by atoms with van der Waals surface area (Å²) in [6, 6.07) is 7.88. The molecule has 2 aromatic rings. The van der Waals surface area contributed by atoms with E-state index < -0.39 is 5.97 Å². The van der Waals surface area contributed by atoms with E-state index in [1.165, 1.54) is 11.3 Å². The standard InChI is InChI=1S/C16H19NO3S/c1-11(2)6-7-20-9-12-4-3-5-13(8-12)15-17-14(10-21-15)16(18)19/h3-5,8,10-11H,6-7,9H2,1-2H3,(H,18,19). The third-order valence-corrected chi connectivity index (χ3v) is 3.90. The number of hydrogen-bond acceptors (Lipinski definition) is 4. The van der Waals surface area contributed by atoms with Crippen LogP contribution in [-0.4, -0.2) is 22.7 Å². The van der Waals surface area contributed by atoms with Crippen molar-refractivity contribution in [3.05, 3.63) is 40.9 Å². The summed E-state index contributed by atoms with van der Waals surface area (Å²) in [7, 11) is 0. The van der Waals surface area contributed by atoms with Crippen LogP contribution in [0.25, 0.3) is 10.6 Å². The van der Waals surface area contributed by atoms with Crippen LogP contribution in [0.15, 0.2) is 29.6 Å². The first-order chi connectivity index (χ1) is 10.1. The van der Waals surface area contributed by atoms with E-state index in [9.17, 15) is 4.79 Å². The highest BCUT2D eigenvalue weighted by Crippen LogP contribution is 2.24. The second-order valence-electron chi connectivity index (χ2n) is 5.28. The van der Waals surface area contributed by atoms with Crippen molar-refractivity contribution in [2.24, 2.45) is 5.92 Å². The van der Waals surface area contributed by atoms with Crippen molar-refractivity contribution < 1.29 is 14.6 Å². The Bertz CT molecular complexity index is 607. The molecule has 112 valence electrons. The maximum absolute atomic E-state index is 10.9. The molecule has 21 heavy (non-hydrogen) atoms. The average molecular weight is 305 g/mol. The number of ether oxygens (including phenoxy) is 1. The third kappa shape index (κ3) is 4.65. The van der Waals surface area contributed by atoms with Gasteiger partial charge in [0.05, 0.1) is 6.61 Å². The van der Waals surface area contributed by atoms with E-state index in [0.29, 0.717) is 12.5 Å². The van der Waals surface area contributed by atoms with E-state index in [-0.39, 0.29) is 5.69 Å². The molecule has 0 unspecified atom stereocenters. The van der Waals surface area contributed by atoms with E-state index in [1.807, 2.05) is 24.3 Å². The highest BCUT2D eigenvalue weighted by molar-refractivity contribution is 7.13. The first kappa shape index (κ1) is 15.7. The second-order valence-corrected chi connectivity index (χ2v) is 6.14. The molecule has 0 atom stereocenters. The summed E-state index contributed by atoms with van der Waals surface area (Å²) in [4.78, 5) is 15.0. The molecule has 5 heteroatoms. The number of nitrogens with zero attached hydrogens (tertiary/aromatic N) is 1. The summed E-state index contributed by atoms with van der Waals surface area (Å²) < 4.78 is 5.65. The lowest BCUT2D eigenvalue weighted by molar-refractivity contribution is 0.0691. The number of benzene rings is 1. The summed E-state index contributed by atoms with van der Waals surface area (Å²) in [5.74, 6) is -0.355. The van der Waals surface area contributed by atoms with Gasteiger partial charge in [0, 0.05) is 17.6 Å². The van der Waals surface area contributed by atoms with Gasteiger partial charge in [-0.15, -0.1) is 11.3 Å². The summed E-state index contributed by atoms with van der Waals surface area (Å²) in [5.41, 5.74) is 2.09. The lowest BCUT2D eigenvalue weighted by atomic mass is 10.1. The first-order valence-corrected chi connectivity index (χ1v) is 7.80. The fourth-order valence-electron chi connectivity index (χ4n) is 1.81. The van der Waals surface area contributed by atoms with Gasteiger partial charge in [-0.05, 0) is 24.0 Å². The Morgan fingerprint density at radius 2 is 2.24 bits per heavy atom. The van der Waals surface area contributed by atoms with E-state index in [2.05, 4.69) is 18.8 Å². The van der Waals surface area contributed by atoms with Crippen LogP contribution < -0.4 is 0 Å². The monoisotopic (exact) mass is 305 g/mol. The molecule has 0 bridgehead atoms. The molecule has 0 spiro atoms. The molecular weight excluding hydrogens is 286 g/mol. The van der Waals surface area contributed by atoms with Gasteiger partial charge in [-0.3, -0.25) is 0 Å². The summed E-state index contributed by atoms with van der Waals surface area (Å²) >= 11 is 1.34. The molecule has 4 nitrogen and oxygen atoms in total. The molecule has 1 aromatic heterocycles. The minimum Gasteiger partial charge on any atom is -0.476 e. The van der Waals surface area contributed by atoms with E-state index in [1.54, 1.807) is 5.38 Å². The molecule has 0 radical (unpaired) electrons. The van der Waals surface area contributed by atoms with Crippen molar-refractivity contribution in [3.8, 4) is 10.6 Å². The second kappa shape index (κ2) is 7.33. The predicted molar refractivity (Wildman–Crippen MR) is 83.6 cm³/mol. The summed E-state index contributed by atoms with van der Waals surface area (Å²) in [6.45, 7) is 5.67. The van der Waals surface area contributed by atoms with Gasteiger partial charge in [-0.1, -0.05) is 32.0 Å². The molecule has 0 aliphatic carbocycles. The zero-order valence-electron chi connectivity index (χ0n) is 12.2. The average Bonchev–Trinajstić information content (AvgIpc) is 2.94. The van der Waals surface area contributed by atoms with E-state index in [0.717, 1.165) is 29.2 Å². The molecule has 0 amide bonds. The first-order valence-electron chi connectivity index (χ1n) is 6.92. The molecule has 0 aliphatic rings. The fraction of sp³-hybridized carbons (Fsp3) is 0.375. The van der Waals surface area contributed by atoms with Crippen LogP contribution >= 0.6 is 11.3 Å². The van der Waals surface area contributed by atoms with Crippen LogP contribution in [0.5, 0.6) is 0 Å². The van der Waals surface area contributed by atoms with Crippen molar-refractivity contribution in [3.63, 3.8) is 0 Å². The lowest BCUT2D eigenvalue weighted by Crippen LogP contribution is -1.99. The van der Waals surface area contributed by atoms with Crippen LogP contribution in [-0.2, 0) is 11.3 Å². The molecule has 2 rings (SSSR count). The number of hydrogen-bond donors (Lipinski definition) is 1. The number of carboxylic acids is 1. The minimum absolute atomic E-state index is 0.0913. The number of carbonyl (C=O) groups is 1. The SMILES string of the molecule is CC(C)CCOCc1cccc(-c2nc(C(=O)O)cs2)c1. The van der Waals surface area contributed by atoms with Gasteiger partial charge < -0.3 is 9.84 Å². The van der Waals surface area contributed by atoms with Gasteiger partial charge in [0.25, 0.3) is 0 Å². The van der Waals surface area contributed by atoms with Crippen LogP contribution in [0.2, 0.25) is 0 Å². The normalized spacial score (nSPS) is 11.0. The third-order valence-electron chi connectivity index (χ3n) is 3.01. The number of thiazole rings is 1. The Hall–Kier alpha value is -1.72. The molecule has 0 saturated heterocycles. The Kier molecular flexibility index (Phi) is 5.47. The molecule has 0 saturated carbocycles. The van der Waals surface area contributed by atoms with Crippen molar-refractivity contribution >= 4 is 17.3 Å². The van der Waals surface area contributed by atoms with Crippen molar-refractivity contribution in [1.29, 1.82) is 0 Å². The smallest absolute Gasteiger partial charge is 0.355 e. The predicted octanol–water partition coefficient (Wildman–Crippen LogP) is 4.07. The highest BCUT2D eigenvalue weighted by atomic mass is 32.1. The molecule has 1 N–H and O–H groups in total. The van der Waals surface area contributed by atoms with E-state index in [4.69, 9.17) is 9.84 Å². The number of aromatic nitrogens is 1. The van der Waals surface area contributed by atoms with Gasteiger partial charge in [-0.25, -0.2) is 9.78 Å². The quantitative estimate of drug-likeness (QED) is 0.783. The Balaban J connectivity index is 2.01. The minimum atomic E-state index is -0.995. The molecule has 1 heterocycles. The molecule has 1 aromatic carbocycles. The molecular formula is C16H19NO3S. The maximum atomic E-state index is 10.9. The van der Waals surface area contributed by atoms with E-state index >= 15 is 0 Å². The largest absolute Gasteiger partial charge is 0.476 e. The Labute approximate surface area is 128 Å². The van der Waals surface area contributed by atoms with Gasteiger partial charge in [0.15, 0.2) is 5.69 Å². The van der Waals surface area contributed by atoms with Crippen LogP contribution in [0.3, 0.4) is 0 Å². The Morgan fingerprint density at radius 1 is 1.43 bits per heavy atom. The fourth-order valence-corrected chi connectivity index (χ4v) is 2.60. The Morgan fingerprint density at radius 3 is 2.90 bits per heavy atom. The zero-order valence-corrected chi connectivity index (χ0v) is 13.0. The maximum Gasteiger partial charge on any atom is 0.355 e. The van der Waals surface area contributed by atoms with Gasteiger partial charge >= 0.3 is 5.97 Å². The summed E-state index contributed by atoms with van der Waals surface area (Å²) in [6.07, 6.45) is 1.05. The molecule has 0 fully saturated rings.